The number of carbonyl (C=O) groups is 1. The van der Waals surface area contributed by atoms with Crippen molar-refractivity contribution in [1.29, 1.82) is 0 Å². The number of nitrogens with zero attached hydrogens (tertiary/aromatic N) is 2. The summed E-state index contributed by atoms with van der Waals surface area (Å²) in [6, 6.07) is 4.54. The Balaban J connectivity index is 2.33. The number of hydrogen-bond acceptors (Lipinski definition) is 6. The quantitative estimate of drug-likeness (QED) is 0.679. The number of rotatable bonds is 7. The lowest BCUT2D eigenvalue weighted by molar-refractivity contribution is 0.0595. The molecule has 0 aliphatic carbocycles. The van der Waals surface area contributed by atoms with Crippen molar-refractivity contribution >= 4 is 16.0 Å². The van der Waals surface area contributed by atoms with Gasteiger partial charge in [-0.3, -0.25) is 0 Å². The summed E-state index contributed by atoms with van der Waals surface area (Å²) in [5, 5.41) is 0. The Morgan fingerprint density at radius 3 is 2.64 bits per heavy atom. The van der Waals surface area contributed by atoms with Crippen LogP contribution in [0, 0.1) is 0 Å². The molecule has 0 amide bonds. The molecule has 2 rings (SSSR count). The number of benzene rings is 1. The normalized spacial score (nSPS) is 18.5. The minimum atomic E-state index is -3.66. The molecule has 140 valence electrons. The van der Waals surface area contributed by atoms with Gasteiger partial charge in [0.2, 0.25) is 10.0 Å². The molecule has 25 heavy (non-hydrogen) atoms. The van der Waals surface area contributed by atoms with E-state index in [1.54, 1.807) is 0 Å². The standard InChI is InChI=1S/C17H26N2O5S/c1-5-10-24-16-7-6-14(11-15(16)17(20)23-4)25(21,22)19-9-8-13(12-19)18(2)3/h6-7,11,13H,5,8-10,12H2,1-4H3/t13-/m1/s1. The second kappa shape index (κ2) is 8.16. The Hall–Kier alpha value is -1.64. The van der Waals surface area contributed by atoms with E-state index >= 15 is 0 Å². The SMILES string of the molecule is CCCOc1ccc(S(=O)(=O)N2CC[C@@H](N(C)C)C2)cc1C(=O)OC. The molecule has 1 atom stereocenters. The number of carbonyl (C=O) groups excluding carboxylic acids is 1. The monoisotopic (exact) mass is 370 g/mol. The van der Waals surface area contributed by atoms with Crippen LogP contribution in [0.2, 0.25) is 0 Å². The first-order valence-electron chi connectivity index (χ1n) is 8.33. The molecule has 1 aliphatic heterocycles. The van der Waals surface area contributed by atoms with Gasteiger partial charge in [-0.15, -0.1) is 0 Å². The summed E-state index contributed by atoms with van der Waals surface area (Å²) in [5.74, 6) is -0.281. The molecule has 7 nitrogen and oxygen atoms in total. The lowest BCUT2D eigenvalue weighted by atomic mass is 10.2. The van der Waals surface area contributed by atoms with Gasteiger partial charge >= 0.3 is 5.97 Å². The van der Waals surface area contributed by atoms with Crippen LogP contribution in [0.3, 0.4) is 0 Å². The smallest absolute Gasteiger partial charge is 0.341 e. The topological polar surface area (TPSA) is 76.2 Å². The van der Waals surface area contributed by atoms with Crippen LogP contribution in [0.25, 0.3) is 0 Å². The van der Waals surface area contributed by atoms with Crippen molar-refractivity contribution in [1.82, 2.24) is 9.21 Å². The van der Waals surface area contributed by atoms with Gasteiger partial charge in [0.1, 0.15) is 11.3 Å². The second-order valence-electron chi connectivity index (χ2n) is 6.27. The van der Waals surface area contributed by atoms with Gasteiger partial charge in [0, 0.05) is 19.1 Å². The van der Waals surface area contributed by atoms with Crippen LogP contribution in [0.1, 0.15) is 30.1 Å². The van der Waals surface area contributed by atoms with Crippen molar-refractivity contribution in [2.75, 3.05) is 40.9 Å². The fraction of sp³-hybridized carbons (Fsp3) is 0.588. The molecule has 0 radical (unpaired) electrons. The first-order chi connectivity index (χ1) is 11.8. The maximum Gasteiger partial charge on any atom is 0.341 e. The van der Waals surface area contributed by atoms with Gasteiger partial charge < -0.3 is 14.4 Å². The Morgan fingerprint density at radius 2 is 2.08 bits per heavy atom. The van der Waals surface area contributed by atoms with E-state index in [-0.39, 0.29) is 16.5 Å². The Kier molecular flexibility index (Phi) is 6.42. The zero-order chi connectivity index (χ0) is 18.6. The van der Waals surface area contributed by atoms with E-state index in [1.807, 2.05) is 25.9 Å². The highest BCUT2D eigenvalue weighted by Crippen LogP contribution is 2.28. The van der Waals surface area contributed by atoms with E-state index in [9.17, 15) is 13.2 Å². The molecule has 1 heterocycles. The van der Waals surface area contributed by atoms with Crippen LogP contribution < -0.4 is 4.74 Å². The van der Waals surface area contributed by atoms with Crippen LogP contribution in [-0.4, -0.2) is 70.5 Å². The van der Waals surface area contributed by atoms with Crippen LogP contribution in [0.5, 0.6) is 5.75 Å². The fourth-order valence-electron chi connectivity index (χ4n) is 2.78. The van der Waals surface area contributed by atoms with Crippen LogP contribution >= 0.6 is 0 Å². The highest BCUT2D eigenvalue weighted by Gasteiger charge is 2.34. The molecule has 0 spiro atoms. The average Bonchev–Trinajstić information content (AvgIpc) is 3.10. The van der Waals surface area contributed by atoms with Gasteiger partial charge in [-0.05, 0) is 45.1 Å². The number of sulfonamides is 1. The molecular formula is C17H26N2O5S. The summed E-state index contributed by atoms with van der Waals surface area (Å²) in [5.41, 5.74) is 0.125. The fourth-order valence-corrected chi connectivity index (χ4v) is 4.30. The van der Waals surface area contributed by atoms with Crippen molar-refractivity contribution in [3.63, 3.8) is 0 Å². The maximum atomic E-state index is 12.9. The van der Waals surface area contributed by atoms with E-state index in [0.717, 1.165) is 12.8 Å². The molecule has 1 saturated heterocycles. The van der Waals surface area contributed by atoms with Crippen molar-refractivity contribution in [3.05, 3.63) is 23.8 Å². The number of likely N-dealkylation sites (N-methyl/N-ethyl adjacent to an activating group) is 1. The van der Waals surface area contributed by atoms with Gasteiger partial charge in [0.05, 0.1) is 18.6 Å². The maximum absolute atomic E-state index is 12.9. The van der Waals surface area contributed by atoms with Crippen molar-refractivity contribution in [3.8, 4) is 5.75 Å². The summed E-state index contributed by atoms with van der Waals surface area (Å²) < 4.78 is 37.6. The van der Waals surface area contributed by atoms with Gasteiger partial charge in [-0.1, -0.05) is 6.92 Å². The summed E-state index contributed by atoms with van der Waals surface area (Å²) >= 11 is 0. The molecule has 0 bridgehead atoms. The molecule has 1 aromatic rings. The van der Waals surface area contributed by atoms with Crippen molar-refractivity contribution < 1.29 is 22.7 Å². The van der Waals surface area contributed by atoms with Gasteiger partial charge in [-0.2, -0.15) is 4.31 Å². The molecule has 1 aromatic carbocycles. The Bertz CT molecular complexity index is 718. The van der Waals surface area contributed by atoms with E-state index < -0.39 is 16.0 Å². The third-order valence-electron chi connectivity index (χ3n) is 4.31. The van der Waals surface area contributed by atoms with Crippen LogP contribution in [0.15, 0.2) is 23.1 Å². The van der Waals surface area contributed by atoms with Gasteiger partial charge in [0.25, 0.3) is 0 Å². The highest BCUT2D eigenvalue weighted by atomic mass is 32.2. The third kappa shape index (κ3) is 4.31. The molecule has 0 N–H and O–H groups in total. The molecular weight excluding hydrogens is 344 g/mol. The number of ether oxygens (including phenoxy) is 2. The first kappa shape index (κ1) is 19.7. The predicted molar refractivity (Wildman–Crippen MR) is 94.4 cm³/mol. The third-order valence-corrected chi connectivity index (χ3v) is 6.17. The lowest BCUT2D eigenvalue weighted by Gasteiger charge is -2.20. The van der Waals surface area contributed by atoms with Crippen LogP contribution in [0.4, 0.5) is 0 Å². The lowest BCUT2D eigenvalue weighted by Crippen LogP contribution is -2.34. The van der Waals surface area contributed by atoms with Crippen molar-refractivity contribution in [2.24, 2.45) is 0 Å². The molecule has 0 saturated carbocycles. The second-order valence-corrected chi connectivity index (χ2v) is 8.21. The molecule has 0 aromatic heterocycles. The van der Waals surface area contributed by atoms with Crippen LogP contribution in [-0.2, 0) is 14.8 Å². The first-order valence-corrected chi connectivity index (χ1v) is 9.77. The molecule has 1 fully saturated rings. The number of methoxy groups -OCH3 is 1. The predicted octanol–water partition coefficient (Wildman–Crippen LogP) is 1.59. The summed E-state index contributed by atoms with van der Waals surface area (Å²) in [4.78, 5) is 14.1. The van der Waals surface area contributed by atoms with E-state index in [1.165, 1.54) is 29.6 Å². The zero-order valence-corrected chi connectivity index (χ0v) is 16.0. The minimum absolute atomic E-state index is 0.0798. The van der Waals surface area contributed by atoms with Gasteiger partial charge in [0.15, 0.2) is 0 Å². The van der Waals surface area contributed by atoms with Gasteiger partial charge in [-0.25, -0.2) is 13.2 Å². The minimum Gasteiger partial charge on any atom is -0.493 e. The Morgan fingerprint density at radius 1 is 1.36 bits per heavy atom. The molecule has 0 unspecified atom stereocenters. The summed E-state index contributed by atoms with van der Waals surface area (Å²) in [6.45, 7) is 3.29. The van der Waals surface area contributed by atoms with E-state index in [4.69, 9.17) is 9.47 Å². The number of hydrogen-bond donors (Lipinski definition) is 0. The zero-order valence-electron chi connectivity index (χ0n) is 15.2. The average molecular weight is 370 g/mol. The molecule has 8 heteroatoms. The Labute approximate surface area is 149 Å². The largest absolute Gasteiger partial charge is 0.493 e. The summed E-state index contributed by atoms with van der Waals surface area (Å²) in [7, 11) is 1.48. The van der Waals surface area contributed by atoms with Crippen molar-refractivity contribution in [2.45, 2.75) is 30.7 Å². The highest BCUT2D eigenvalue weighted by molar-refractivity contribution is 7.89. The van der Waals surface area contributed by atoms with E-state index in [2.05, 4.69) is 0 Å². The van der Waals surface area contributed by atoms with E-state index in [0.29, 0.717) is 25.4 Å². The summed E-state index contributed by atoms with van der Waals surface area (Å²) in [6.07, 6.45) is 1.56. The number of esters is 1. The molecule has 1 aliphatic rings.